The lowest BCUT2D eigenvalue weighted by Crippen LogP contribution is -2.51. The summed E-state index contributed by atoms with van der Waals surface area (Å²) in [5.74, 6) is -1.91. The monoisotopic (exact) mass is 629 g/mol. The zero-order valence-electron chi connectivity index (χ0n) is 24.4. The van der Waals surface area contributed by atoms with Crippen LogP contribution in [0.5, 0.6) is 11.5 Å². The van der Waals surface area contributed by atoms with Gasteiger partial charge in [0.25, 0.3) is 5.91 Å². The average molecular weight is 630 g/mol. The predicted octanol–water partition coefficient (Wildman–Crippen LogP) is 4.42. The Bertz CT molecular complexity index is 1740. The lowest BCUT2D eigenvalue weighted by Gasteiger charge is -2.31. The van der Waals surface area contributed by atoms with E-state index in [4.69, 9.17) is 15.2 Å². The van der Waals surface area contributed by atoms with E-state index in [-0.39, 0.29) is 40.5 Å². The Morgan fingerprint density at radius 3 is 2.44 bits per heavy atom. The summed E-state index contributed by atoms with van der Waals surface area (Å²) < 4.78 is 70.5. The molecule has 45 heavy (non-hydrogen) atoms. The molecular formula is C31H31F4N5O5. The maximum atomic E-state index is 14.7. The lowest BCUT2D eigenvalue weighted by molar-refractivity contribution is -0.265. The van der Waals surface area contributed by atoms with Crippen molar-refractivity contribution in [1.29, 1.82) is 0 Å². The van der Waals surface area contributed by atoms with Gasteiger partial charge in [0.1, 0.15) is 17.3 Å². The summed E-state index contributed by atoms with van der Waals surface area (Å²) in [6.07, 6.45) is -0.267. The van der Waals surface area contributed by atoms with Crippen LogP contribution >= 0.6 is 0 Å². The summed E-state index contributed by atoms with van der Waals surface area (Å²) in [6, 6.07) is 6.93. The first-order valence-electron chi connectivity index (χ1n) is 14.2. The smallest absolute Gasteiger partial charge is 0.424 e. The van der Waals surface area contributed by atoms with E-state index in [2.05, 4.69) is 15.3 Å². The van der Waals surface area contributed by atoms with E-state index < -0.39 is 48.1 Å². The summed E-state index contributed by atoms with van der Waals surface area (Å²) in [7, 11) is 1.38. The van der Waals surface area contributed by atoms with Gasteiger partial charge in [-0.25, -0.2) is 14.4 Å². The Balaban J connectivity index is 1.55. The Morgan fingerprint density at radius 2 is 1.84 bits per heavy atom. The summed E-state index contributed by atoms with van der Waals surface area (Å²) >= 11 is 0. The Labute approximate surface area is 255 Å². The number of methoxy groups -OCH3 is 1. The van der Waals surface area contributed by atoms with Gasteiger partial charge >= 0.3 is 6.18 Å². The third kappa shape index (κ3) is 6.55. The van der Waals surface area contributed by atoms with Crippen molar-refractivity contribution in [1.82, 2.24) is 19.7 Å². The molecule has 1 aromatic carbocycles. The maximum absolute atomic E-state index is 14.7. The van der Waals surface area contributed by atoms with Crippen LogP contribution in [0.3, 0.4) is 0 Å². The standard InChI is InChI=1S/C31H31F4N5O5/c1-3-10-45-27-19(13-25(36)41)12-24(39-26(27)18-6-8-21(32)9-7-18)30(43,31(33,34)35)16-37-29(42)20-11-23(44-2)28-38-22(17-4-5-17)15-40(28)14-20/h6-9,11-12,14-15,17,43H,3-5,10,13,16H2,1-2H3,(H2,36,41)(H,37,42)/t30-/m0/s1. The van der Waals surface area contributed by atoms with Crippen LogP contribution in [0.25, 0.3) is 16.9 Å². The number of primary amides is 1. The van der Waals surface area contributed by atoms with E-state index >= 15 is 0 Å². The van der Waals surface area contributed by atoms with Crippen molar-refractivity contribution in [2.24, 2.45) is 5.73 Å². The first-order valence-corrected chi connectivity index (χ1v) is 14.2. The molecule has 3 heterocycles. The van der Waals surface area contributed by atoms with Gasteiger partial charge in [0.15, 0.2) is 11.4 Å². The summed E-state index contributed by atoms with van der Waals surface area (Å²) in [4.78, 5) is 33.8. The third-order valence-corrected chi connectivity index (χ3v) is 7.39. The molecule has 10 nitrogen and oxygen atoms in total. The highest BCUT2D eigenvalue weighted by molar-refractivity contribution is 5.95. The van der Waals surface area contributed by atoms with Gasteiger partial charge in [0, 0.05) is 29.4 Å². The number of hydrogen-bond acceptors (Lipinski definition) is 7. The number of hydrogen-bond donors (Lipinski definition) is 3. The van der Waals surface area contributed by atoms with Crippen molar-refractivity contribution >= 4 is 17.5 Å². The zero-order chi connectivity index (χ0) is 32.5. The molecule has 4 N–H and O–H groups in total. The number of alkyl halides is 3. The summed E-state index contributed by atoms with van der Waals surface area (Å²) in [5, 5.41) is 13.4. The fourth-order valence-corrected chi connectivity index (χ4v) is 4.87. The molecular weight excluding hydrogens is 598 g/mol. The quantitative estimate of drug-likeness (QED) is 0.197. The highest BCUT2D eigenvalue weighted by Crippen LogP contribution is 2.42. The number of carbonyl (C=O) groups is 2. The van der Waals surface area contributed by atoms with Crippen LogP contribution in [-0.2, 0) is 16.8 Å². The van der Waals surface area contributed by atoms with Crippen LogP contribution < -0.4 is 20.5 Å². The van der Waals surface area contributed by atoms with Gasteiger partial charge in [-0.2, -0.15) is 13.2 Å². The molecule has 5 rings (SSSR count). The minimum Gasteiger partial charge on any atom is -0.493 e. The zero-order valence-corrected chi connectivity index (χ0v) is 24.4. The molecule has 0 aliphatic heterocycles. The van der Waals surface area contributed by atoms with Gasteiger partial charge in [-0.15, -0.1) is 0 Å². The number of benzene rings is 1. The highest BCUT2D eigenvalue weighted by atomic mass is 19.4. The molecule has 3 aromatic heterocycles. The van der Waals surface area contributed by atoms with Gasteiger partial charge in [0.05, 0.1) is 43.6 Å². The van der Waals surface area contributed by atoms with E-state index in [0.717, 1.165) is 36.7 Å². The minimum atomic E-state index is -5.35. The van der Waals surface area contributed by atoms with Gasteiger partial charge in [0.2, 0.25) is 11.5 Å². The van der Waals surface area contributed by atoms with Crippen LogP contribution in [0.1, 0.15) is 59.4 Å². The van der Waals surface area contributed by atoms with Crippen molar-refractivity contribution in [3.05, 3.63) is 77.1 Å². The second-order valence-corrected chi connectivity index (χ2v) is 10.9. The fraction of sp³-hybridized carbons (Fsp3) is 0.355. The molecule has 4 aromatic rings. The number of nitrogens with two attached hydrogens (primary N) is 1. The molecule has 0 spiro atoms. The number of ether oxygens (including phenoxy) is 2. The summed E-state index contributed by atoms with van der Waals surface area (Å²) in [5.41, 5.74) is 1.89. The average Bonchev–Trinajstić information content (AvgIpc) is 3.76. The van der Waals surface area contributed by atoms with Crippen molar-refractivity contribution < 1.29 is 41.7 Å². The molecule has 2 amide bonds. The number of pyridine rings is 2. The molecule has 0 saturated heterocycles. The number of aliphatic hydroxyl groups is 1. The first kappa shape index (κ1) is 31.7. The second-order valence-electron chi connectivity index (χ2n) is 10.9. The number of carbonyl (C=O) groups excluding carboxylic acids is 2. The van der Waals surface area contributed by atoms with Gasteiger partial charge in [-0.05, 0) is 55.7 Å². The molecule has 0 radical (unpaired) electrons. The summed E-state index contributed by atoms with van der Waals surface area (Å²) in [6.45, 7) is 0.575. The van der Waals surface area contributed by atoms with Gasteiger partial charge in [-0.3, -0.25) is 9.59 Å². The molecule has 1 aliphatic rings. The highest BCUT2D eigenvalue weighted by Gasteiger charge is 2.56. The SMILES string of the molecule is CCCOc1c(CC(N)=O)cc([C@@](O)(CNC(=O)c2cc(OC)c3nc(C4CC4)cn3c2)C(F)(F)F)nc1-c1ccc(F)cc1. The van der Waals surface area contributed by atoms with E-state index in [9.17, 15) is 32.3 Å². The molecule has 1 saturated carbocycles. The molecule has 0 unspecified atom stereocenters. The molecule has 238 valence electrons. The minimum absolute atomic E-state index is 0.0362. The number of nitrogens with one attached hydrogen (secondary N) is 1. The number of nitrogens with zero attached hydrogens (tertiary/aromatic N) is 3. The molecule has 1 aliphatic carbocycles. The van der Waals surface area contributed by atoms with Crippen LogP contribution in [0.2, 0.25) is 0 Å². The van der Waals surface area contributed by atoms with E-state index in [0.29, 0.717) is 18.0 Å². The van der Waals surface area contributed by atoms with Crippen molar-refractivity contribution in [3.8, 4) is 22.8 Å². The van der Waals surface area contributed by atoms with Crippen molar-refractivity contribution in [2.45, 2.75) is 50.3 Å². The number of fused-ring (bicyclic) bond motifs is 1. The molecule has 1 fully saturated rings. The van der Waals surface area contributed by atoms with E-state index in [1.165, 1.54) is 31.5 Å². The number of halogens is 4. The van der Waals surface area contributed by atoms with Crippen LogP contribution in [0, 0.1) is 5.82 Å². The number of amides is 2. The first-order chi connectivity index (χ1) is 21.3. The fourth-order valence-electron chi connectivity index (χ4n) is 4.87. The number of rotatable bonds is 12. The van der Waals surface area contributed by atoms with Crippen molar-refractivity contribution in [3.63, 3.8) is 0 Å². The Morgan fingerprint density at radius 1 is 1.13 bits per heavy atom. The van der Waals surface area contributed by atoms with E-state index in [1.807, 2.05) is 0 Å². The Hall–Kier alpha value is -4.72. The Kier molecular flexibility index (Phi) is 8.70. The van der Waals surface area contributed by atoms with Crippen LogP contribution in [0.15, 0.2) is 48.8 Å². The number of aromatic nitrogens is 3. The second kappa shape index (κ2) is 12.3. The van der Waals surface area contributed by atoms with E-state index in [1.54, 1.807) is 17.5 Å². The van der Waals surface area contributed by atoms with Gasteiger partial charge in [-0.1, -0.05) is 6.92 Å². The largest absolute Gasteiger partial charge is 0.493 e. The lowest BCUT2D eigenvalue weighted by atomic mass is 9.93. The number of imidazole rings is 1. The molecule has 14 heteroatoms. The normalized spacial score (nSPS) is 14.6. The van der Waals surface area contributed by atoms with Gasteiger partial charge < -0.3 is 30.0 Å². The van der Waals surface area contributed by atoms with Crippen LogP contribution in [-0.4, -0.2) is 57.7 Å². The third-order valence-electron chi connectivity index (χ3n) is 7.39. The molecule has 1 atom stereocenters. The molecule has 0 bridgehead atoms. The maximum Gasteiger partial charge on any atom is 0.424 e. The predicted molar refractivity (Wildman–Crippen MR) is 154 cm³/mol. The topological polar surface area (TPSA) is 141 Å². The van der Waals surface area contributed by atoms with Crippen LogP contribution in [0.4, 0.5) is 17.6 Å². The van der Waals surface area contributed by atoms with Crippen molar-refractivity contribution in [2.75, 3.05) is 20.3 Å².